The van der Waals surface area contributed by atoms with Gasteiger partial charge in [-0.15, -0.1) is 0 Å². The van der Waals surface area contributed by atoms with Crippen molar-refractivity contribution in [1.29, 1.82) is 0 Å². The van der Waals surface area contributed by atoms with Crippen LogP contribution in [0.2, 0.25) is 0 Å². The van der Waals surface area contributed by atoms with Gasteiger partial charge in [-0.05, 0) is 49.0 Å². The number of halogens is 1. The Labute approximate surface area is 213 Å². The second-order valence-corrected chi connectivity index (χ2v) is 8.40. The highest BCUT2D eigenvalue weighted by Gasteiger charge is 2.27. The molecule has 0 aliphatic carbocycles. The Hall–Kier alpha value is -3.45. The zero-order valence-electron chi connectivity index (χ0n) is 21.7. The highest BCUT2D eigenvalue weighted by atomic mass is 19.1. The Morgan fingerprint density at radius 1 is 1.17 bits per heavy atom. The second kappa shape index (κ2) is 15.5. The quantitative estimate of drug-likeness (QED) is 0.276. The number of allylic oxidation sites excluding steroid dienone is 4. The molecule has 6 nitrogen and oxygen atoms in total. The fraction of sp³-hybridized carbons (Fsp3) is 0.379. The first-order chi connectivity index (χ1) is 17.2. The fourth-order valence-corrected chi connectivity index (χ4v) is 4.03. The highest BCUT2D eigenvalue weighted by molar-refractivity contribution is 6.03. The molecule has 1 amide bonds. The zero-order valence-corrected chi connectivity index (χ0v) is 21.7. The summed E-state index contributed by atoms with van der Waals surface area (Å²) in [5.41, 5.74) is 9.11. The van der Waals surface area contributed by atoms with Gasteiger partial charge in [0.25, 0.3) is 5.91 Å². The van der Waals surface area contributed by atoms with Gasteiger partial charge >= 0.3 is 5.97 Å². The SMILES string of the molecule is C=C/C(F)=C\C=C\c1c(-c2ccccc2)c(C(N)=O)c(C(C)C)n1CCC(O)CCCC(=O)O.CC. The van der Waals surface area contributed by atoms with Gasteiger partial charge in [0.1, 0.15) is 5.83 Å². The van der Waals surface area contributed by atoms with Gasteiger partial charge in [0.2, 0.25) is 0 Å². The molecule has 36 heavy (non-hydrogen) atoms. The van der Waals surface area contributed by atoms with E-state index in [-0.39, 0.29) is 12.3 Å². The lowest BCUT2D eigenvalue weighted by Gasteiger charge is -2.17. The second-order valence-electron chi connectivity index (χ2n) is 8.40. The van der Waals surface area contributed by atoms with Gasteiger partial charge in [-0.3, -0.25) is 9.59 Å². The van der Waals surface area contributed by atoms with Crippen molar-refractivity contribution in [3.63, 3.8) is 0 Å². The number of primary amides is 1. The molecule has 1 heterocycles. The van der Waals surface area contributed by atoms with Crippen molar-refractivity contribution < 1.29 is 24.2 Å². The van der Waals surface area contributed by atoms with Crippen molar-refractivity contribution in [2.75, 3.05) is 0 Å². The van der Waals surface area contributed by atoms with E-state index in [1.165, 1.54) is 6.08 Å². The maximum atomic E-state index is 13.7. The summed E-state index contributed by atoms with van der Waals surface area (Å²) in [6.45, 7) is 11.7. The van der Waals surface area contributed by atoms with Crippen molar-refractivity contribution in [2.24, 2.45) is 5.73 Å². The van der Waals surface area contributed by atoms with Crippen molar-refractivity contribution in [3.8, 4) is 11.1 Å². The number of hydrogen-bond acceptors (Lipinski definition) is 3. The van der Waals surface area contributed by atoms with Crippen molar-refractivity contribution in [3.05, 3.63) is 77.9 Å². The molecule has 0 aliphatic rings. The van der Waals surface area contributed by atoms with Crippen LogP contribution in [0, 0.1) is 0 Å². The number of nitrogens with two attached hydrogens (primary N) is 1. The summed E-state index contributed by atoms with van der Waals surface area (Å²) in [6.07, 6.45) is 6.04. The summed E-state index contributed by atoms with van der Waals surface area (Å²) >= 11 is 0. The molecule has 7 heteroatoms. The molecular formula is C29H39FN2O4. The van der Waals surface area contributed by atoms with Crippen LogP contribution in [0.3, 0.4) is 0 Å². The number of carbonyl (C=O) groups is 2. The average molecular weight is 499 g/mol. The van der Waals surface area contributed by atoms with Crippen LogP contribution in [0.4, 0.5) is 4.39 Å². The molecule has 0 bridgehead atoms. The summed E-state index contributed by atoms with van der Waals surface area (Å²) in [5, 5.41) is 19.3. The van der Waals surface area contributed by atoms with Gasteiger partial charge < -0.3 is 20.5 Å². The molecule has 0 saturated carbocycles. The van der Waals surface area contributed by atoms with Crippen LogP contribution in [0.5, 0.6) is 0 Å². The Balaban J connectivity index is 0.00000316. The number of aliphatic carboxylic acids is 1. The molecule has 0 saturated heterocycles. The molecule has 0 aliphatic heterocycles. The number of amides is 1. The molecule has 1 atom stereocenters. The first-order valence-electron chi connectivity index (χ1n) is 12.3. The van der Waals surface area contributed by atoms with Crippen LogP contribution >= 0.6 is 0 Å². The first-order valence-corrected chi connectivity index (χ1v) is 12.3. The summed E-state index contributed by atoms with van der Waals surface area (Å²) in [5.74, 6) is -2.02. The van der Waals surface area contributed by atoms with E-state index in [1.54, 1.807) is 12.2 Å². The maximum absolute atomic E-state index is 13.7. The molecule has 0 radical (unpaired) electrons. The Kier molecular flexibility index (Phi) is 13.2. The number of benzene rings is 1. The number of carboxylic acids is 1. The molecule has 2 rings (SSSR count). The molecule has 0 spiro atoms. The number of aromatic nitrogens is 1. The molecular weight excluding hydrogens is 459 g/mol. The predicted molar refractivity (Wildman–Crippen MR) is 144 cm³/mol. The summed E-state index contributed by atoms with van der Waals surface area (Å²) in [6, 6.07) is 9.37. The zero-order chi connectivity index (χ0) is 27.3. The third-order valence-electron chi connectivity index (χ3n) is 5.52. The summed E-state index contributed by atoms with van der Waals surface area (Å²) < 4.78 is 15.6. The lowest BCUT2D eigenvalue weighted by Crippen LogP contribution is -2.18. The van der Waals surface area contributed by atoms with Crippen molar-refractivity contribution in [1.82, 2.24) is 4.57 Å². The van der Waals surface area contributed by atoms with Gasteiger partial charge in [0.15, 0.2) is 0 Å². The maximum Gasteiger partial charge on any atom is 0.303 e. The lowest BCUT2D eigenvalue weighted by molar-refractivity contribution is -0.137. The average Bonchev–Trinajstić information content (AvgIpc) is 3.18. The third-order valence-corrected chi connectivity index (χ3v) is 5.52. The van der Waals surface area contributed by atoms with E-state index in [4.69, 9.17) is 10.8 Å². The van der Waals surface area contributed by atoms with Crippen LogP contribution in [0.1, 0.15) is 81.0 Å². The number of aliphatic hydroxyl groups is 1. The molecule has 1 aromatic carbocycles. The molecule has 196 valence electrons. The fourth-order valence-electron chi connectivity index (χ4n) is 4.03. The molecule has 1 unspecified atom stereocenters. The molecule has 1 aromatic heterocycles. The van der Waals surface area contributed by atoms with Crippen LogP contribution in [-0.4, -0.2) is 32.8 Å². The van der Waals surface area contributed by atoms with E-state index in [2.05, 4.69) is 6.58 Å². The summed E-state index contributed by atoms with van der Waals surface area (Å²) in [4.78, 5) is 23.4. The van der Waals surface area contributed by atoms with Gasteiger partial charge in [-0.2, -0.15) is 0 Å². The van der Waals surface area contributed by atoms with Crippen LogP contribution in [-0.2, 0) is 11.3 Å². The van der Waals surface area contributed by atoms with Gasteiger partial charge in [0, 0.05) is 29.9 Å². The number of rotatable bonds is 13. The Morgan fingerprint density at radius 3 is 2.33 bits per heavy atom. The number of carboxylic acid groups (broad SMARTS) is 1. The van der Waals surface area contributed by atoms with E-state index in [1.807, 2.05) is 62.6 Å². The number of carbonyl (C=O) groups excluding carboxylic acids is 1. The lowest BCUT2D eigenvalue weighted by atomic mass is 9.96. The van der Waals surface area contributed by atoms with E-state index >= 15 is 0 Å². The minimum atomic E-state index is -0.898. The van der Waals surface area contributed by atoms with Crippen LogP contribution in [0.25, 0.3) is 17.2 Å². The first kappa shape index (κ1) is 30.6. The van der Waals surface area contributed by atoms with E-state index in [0.717, 1.165) is 17.3 Å². The normalized spacial score (nSPS) is 12.4. The van der Waals surface area contributed by atoms with Crippen LogP contribution in [0.15, 0.2) is 61.0 Å². The smallest absolute Gasteiger partial charge is 0.303 e. The molecule has 2 aromatic rings. The van der Waals surface area contributed by atoms with E-state index in [0.29, 0.717) is 42.6 Å². The largest absolute Gasteiger partial charge is 0.481 e. The van der Waals surface area contributed by atoms with E-state index < -0.39 is 23.8 Å². The Morgan fingerprint density at radius 2 is 1.81 bits per heavy atom. The number of hydrogen-bond donors (Lipinski definition) is 3. The standard InChI is InChI=1S/C27H33FN2O4.C2H6/c1-4-20(28)12-8-14-22-24(19-10-6-5-7-11-19)25(27(29)34)26(18(2)3)30(22)17-16-21(31)13-9-15-23(32)33;1-2/h4-8,10-12,14,18,21,31H,1,9,13,15-17H2,2-3H3,(H2,29,34)(H,32,33);1-2H3/b14-8+,20-12+;. The van der Waals surface area contributed by atoms with Gasteiger partial charge in [-0.25, -0.2) is 4.39 Å². The molecule has 4 N–H and O–H groups in total. The predicted octanol–water partition coefficient (Wildman–Crippen LogP) is 6.46. The topological polar surface area (TPSA) is 106 Å². The van der Waals surface area contributed by atoms with E-state index in [9.17, 15) is 19.1 Å². The van der Waals surface area contributed by atoms with Crippen molar-refractivity contribution in [2.45, 2.75) is 71.9 Å². The van der Waals surface area contributed by atoms with Gasteiger partial charge in [0.05, 0.1) is 11.7 Å². The summed E-state index contributed by atoms with van der Waals surface area (Å²) in [7, 11) is 0. The highest BCUT2D eigenvalue weighted by Crippen LogP contribution is 2.37. The number of nitrogens with zero attached hydrogens (tertiary/aromatic N) is 1. The monoisotopic (exact) mass is 498 g/mol. The minimum Gasteiger partial charge on any atom is -0.481 e. The minimum absolute atomic E-state index is 0.00298. The Bertz CT molecular complexity index is 1070. The third kappa shape index (κ3) is 8.64. The molecule has 0 fully saturated rings. The number of aliphatic hydroxyl groups excluding tert-OH is 1. The van der Waals surface area contributed by atoms with Gasteiger partial charge in [-0.1, -0.05) is 70.7 Å². The van der Waals surface area contributed by atoms with Crippen molar-refractivity contribution >= 4 is 18.0 Å². The van der Waals surface area contributed by atoms with Crippen LogP contribution < -0.4 is 5.73 Å².